The number of rotatable bonds is 2. The first-order chi connectivity index (χ1) is 8.02. The summed E-state index contributed by atoms with van der Waals surface area (Å²) in [6, 6.07) is -0.218. The number of nitrogens with one attached hydrogen (secondary N) is 1. The number of carboxylic acids is 1. The Hall–Kier alpha value is -2.05. The minimum absolute atomic E-state index is 0.0328. The zero-order valence-corrected chi connectivity index (χ0v) is 9.38. The molecule has 1 aromatic heterocycles. The lowest BCUT2D eigenvalue weighted by Crippen LogP contribution is -2.35. The monoisotopic (exact) mass is 238 g/mol. The predicted molar refractivity (Wildman–Crippen MR) is 61.8 cm³/mol. The average molecular weight is 238 g/mol. The second-order valence-electron chi connectivity index (χ2n) is 4.14. The highest BCUT2D eigenvalue weighted by Gasteiger charge is 2.37. The Morgan fingerprint density at radius 3 is 3.00 bits per heavy atom. The molecule has 92 valence electrons. The molecule has 1 saturated heterocycles. The summed E-state index contributed by atoms with van der Waals surface area (Å²) >= 11 is 0. The lowest BCUT2D eigenvalue weighted by Gasteiger charge is -2.24. The topological polar surface area (TPSA) is 112 Å². The number of H-pyrrole nitrogens is 1. The van der Waals surface area contributed by atoms with Gasteiger partial charge in [0, 0.05) is 12.6 Å². The van der Waals surface area contributed by atoms with Crippen molar-refractivity contribution in [3.63, 3.8) is 0 Å². The Bertz CT molecular complexity index is 499. The number of nitrogens with two attached hydrogens (primary N) is 1. The van der Waals surface area contributed by atoms with Gasteiger partial charge < -0.3 is 20.7 Å². The van der Waals surface area contributed by atoms with Gasteiger partial charge in [0.2, 0.25) is 0 Å². The van der Waals surface area contributed by atoms with Gasteiger partial charge in [-0.15, -0.1) is 0 Å². The normalized spacial score (nSPS) is 23.9. The highest BCUT2D eigenvalue weighted by atomic mass is 16.4. The molecule has 4 N–H and O–H groups in total. The summed E-state index contributed by atoms with van der Waals surface area (Å²) in [5.74, 6) is -0.913. The van der Waals surface area contributed by atoms with Gasteiger partial charge in [-0.25, -0.2) is 4.98 Å². The smallest absolute Gasteiger partial charge is 0.308 e. The third kappa shape index (κ3) is 1.83. The molecule has 1 aromatic rings. The first-order valence-corrected chi connectivity index (χ1v) is 5.35. The fraction of sp³-hybridized carbons (Fsp3) is 0.500. The summed E-state index contributed by atoms with van der Waals surface area (Å²) in [7, 11) is 0. The molecule has 2 atom stereocenters. The van der Waals surface area contributed by atoms with Crippen LogP contribution in [0.15, 0.2) is 11.1 Å². The minimum atomic E-state index is -0.830. The van der Waals surface area contributed by atoms with Crippen molar-refractivity contribution in [3.8, 4) is 0 Å². The molecule has 0 amide bonds. The molecule has 1 aliphatic heterocycles. The Morgan fingerprint density at radius 2 is 2.41 bits per heavy atom. The van der Waals surface area contributed by atoms with Crippen LogP contribution >= 0.6 is 0 Å². The molecular formula is C10H14N4O3. The van der Waals surface area contributed by atoms with Gasteiger partial charge in [-0.3, -0.25) is 9.59 Å². The van der Waals surface area contributed by atoms with Gasteiger partial charge in [-0.1, -0.05) is 0 Å². The molecule has 0 aliphatic carbocycles. The minimum Gasteiger partial charge on any atom is -0.481 e. The maximum atomic E-state index is 11.4. The molecule has 7 nitrogen and oxygen atoms in total. The predicted octanol–water partition coefficient (Wildman–Crippen LogP) is -0.348. The standard InChI is InChI=1S/C10H14N4O3/c1-5-6(10(16)17)2-3-14(5)8-7(11)9(15)13-4-12-8/h4-6H,2-3,11H2,1H3,(H,16,17)(H,12,13,15). The maximum Gasteiger partial charge on any atom is 0.308 e. The number of hydrogen-bond acceptors (Lipinski definition) is 5. The third-order valence-corrected chi connectivity index (χ3v) is 3.21. The summed E-state index contributed by atoms with van der Waals surface area (Å²) in [6.07, 6.45) is 1.80. The lowest BCUT2D eigenvalue weighted by molar-refractivity contribution is -0.141. The number of aromatic nitrogens is 2. The fourth-order valence-electron chi connectivity index (χ4n) is 2.20. The molecule has 0 aromatic carbocycles. The van der Waals surface area contributed by atoms with Gasteiger partial charge >= 0.3 is 5.97 Å². The van der Waals surface area contributed by atoms with E-state index in [0.717, 1.165) is 0 Å². The van der Waals surface area contributed by atoms with E-state index >= 15 is 0 Å². The SMILES string of the molecule is CC1C(C(=O)O)CCN1c1nc[nH]c(=O)c1N. The van der Waals surface area contributed by atoms with E-state index in [-0.39, 0.29) is 11.7 Å². The molecule has 1 aliphatic rings. The number of carbonyl (C=O) groups is 1. The molecular weight excluding hydrogens is 224 g/mol. The van der Waals surface area contributed by atoms with Crippen molar-refractivity contribution in [1.29, 1.82) is 0 Å². The second-order valence-corrected chi connectivity index (χ2v) is 4.14. The summed E-state index contributed by atoms with van der Waals surface area (Å²) in [4.78, 5) is 30.5. The van der Waals surface area contributed by atoms with Gasteiger partial charge in [0.25, 0.3) is 5.56 Å². The molecule has 0 saturated carbocycles. The van der Waals surface area contributed by atoms with Crippen molar-refractivity contribution in [1.82, 2.24) is 9.97 Å². The maximum absolute atomic E-state index is 11.4. The summed E-state index contributed by atoms with van der Waals surface area (Å²) < 4.78 is 0. The van der Waals surface area contributed by atoms with Crippen molar-refractivity contribution in [2.75, 3.05) is 17.2 Å². The fourth-order valence-corrected chi connectivity index (χ4v) is 2.20. The summed E-state index contributed by atoms with van der Waals surface area (Å²) in [5, 5.41) is 9.03. The number of aromatic amines is 1. The molecule has 17 heavy (non-hydrogen) atoms. The van der Waals surface area contributed by atoms with Crippen LogP contribution in [0, 0.1) is 5.92 Å². The molecule has 1 fully saturated rings. The molecule has 2 heterocycles. The van der Waals surface area contributed by atoms with E-state index in [4.69, 9.17) is 10.8 Å². The average Bonchev–Trinajstić information content (AvgIpc) is 2.64. The van der Waals surface area contributed by atoms with Gasteiger partial charge in [0.05, 0.1) is 12.2 Å². The first-order valence-electron chi connectivity index (χ1n) is 5.35. The number of anilines is 2. The number of aliphatic carboxylic acids is 1. The molecule has 0 bridgehead atoms. The van der Waals surface area contributed by atoms with E-state index in [0.29, 0.717) is 18.8 Å². The van der Waals surface area contributed by atoms with Crippen LogP contribution < -0.4 is 16.2 Å². The van der Waals surface area contributed by atoms with E-state index in [9.17, 15) is 9.59 Å². The molecule has 0 radical (unpaired) electrons. The van der Waals surface area contributed by atoms with Gasteiger partial charge in [-0.05, 0) is 13.3 Å². The van der Waals surface area contributed by atoms with Crippen LogP contribution in [0.2, 0.25) is 0 Å². The highest BCUT2D eigenvalue weighted by molar-refractivity contribution is 5.74. The number of nitrogens with zero attached hydrogens (tertiary/aromatic N) is 2. The van der Waals surface area contributed by atoms with Gasteiger partial charge in [-0.2, -0.15) is 0 Å². The quantitative estimate of drug-likeness (QED) is 0.649. The van der Waals surface area contributed by atoms with E-state index < -0.39 is 17.4 Å². The van der Waals surface area contributed by atoms with Crippen molar-refractivity contribution in [3.05, 3.63) is 16.7 Å². The summed E-state index contributed by atoms with van der Waals surface area (Å²) in [5.41, 5.74) is 5.28. The third-order valence-electron chi connectivity index (χ3n) is 3.21. The van der Waals surface area contributed by atoms with E-state index in [1.165, 1.54) is 6.33 Å². The van der Waals surface area contributed by atoms with Crippen LogP contribution in [0.3, 0.4) is 0 Å². The summed E-state index contributed by atoms with van der Waals surface area (Å²) in [6.45, 7) is 2.34. The van der Waals surface area contributed by atoms with Crippen LogP contribution in [0.4, 0.5) is 11.5 Å². The van der Waals surface area contributed by atoms with E-state index in [1.807, 2.05) is 0 Å². The first kappa shape index (κ1) is 11.4. The number of carboxylic acid groups (broad SMARTS) is 1. The van der Waals surface area contributed by atoms with Gasteiger partial charge in [0.15, 0.2) is 5.82 Å². The highest BCUT2D eigenvalue weighted by Crippen LogP contribution is 2.30. The molecule has 7 heteroatoms. The van der Waals surface area contributed by atoms with Crippen molar-refractivity contribution in [2.45, 2.75) is 19.4 Å². The zero-order chi connectivity index (χ0) is 12.6. The van der Waals surface area contributed by atoms with Crippen LogP contribution in [0.5, 0.6) is 0 Å². The Labute approximate surface area is 97.3 Å². The molecule has 2 unspecified atom stereocenters. The Balaban J connectivity index is 2.34. The van der Waals surface area contributed by atoms with Crippen LogP contribution in [0.1, 0.15) is 13.3 Å². The van der Waals surface area contributed by atoms with Crippen LogP contribution in [-0.4, -0.2) is 33.6 Å². The zero-order valence-electron chi connectivity index (χ0n) is 9.38. The Kier molecular flexibility index (Phi) is 2.74. The molecule has 2 rings (SSSR count). The van der Waals surface area contributed by atoms with Crippen LogP contribution in [0.25, 0.3) is 0 Å². The van der Waals surface area contributed by atoms with Crippen molar-refractivity contribution in [2.24, 2.45) is 5.92 Å². The van der Waals surface area contributed by atoms with E-state index in [1.54, 1.807) is 11.8 Å². The van der Waals surface area contributed by atoms with Gasteiger partial charge in [0.1, 0.15) is 5.69 Å². The van der Waals surface area contributed by atoms with Crippen LogP contribution in [-0.2, 0) is 4.79 Å². The number of hydrogen-bond donors (Lipinski definition) is 3. The van der Waals surface area contributed by atoms with Crippen molar-refractivity contribution >= 4 is 17.5 Å². The molecule has 0 spiro atoms. The Morgan fingerprint density at radius 1 is 1.71 bits per heavy atom. The lowest BCUT2D eigenvalue weighted by atomic mass is 10.0. The number of nitrogen functional groups attached to an aromatic ring is 1. The largest absolute Gasteiger partial charge is 0.481 e. The van der Waals surface area contributed by atoms with Crippen molar-refractivity contribution < 1.29 is 9.90 Å². The van der Waals surface area contributed by atoms with E-state index in [2.05, 4.69) is 9.97 Å². The second kappa shape index (κ2) is 4.08.